The average molecular weight is 635 g/mol. The predicted molar refractivity (Wildman–Crippen MR) is 211 cm³/mol. The van der Waals surface area contributed by atoms with Gasteiger partial charge in [0.2, 0.25) is 0 Å². The van der Waals surface area contributed by atoms with Gasteiger partial charge in [0.15, 0.2) is 0 Å². The molecule has 0 N–H and O–H groups in total. The molecule has 50 heavy (non-hydrogen) atoms. The van der Waals surface area contributed by atoms with Crippen molar-refractivity contribution in [1.82, 2.24) is 0 Å². The van der Waals surface area contributed by atoms with E-state index in [1.165, 1.54) is 65.0 Å². The van der Waals surface area contributed by atoms with Gasteiger partial charge in [-0.15, -0.1) is 0 Å². The zero-order valence-electron chi connectivity index (χ0n) is 26.8. The molecule has 0 bridgehead atoms. The predicted octanol–water partition coefficient (Wildman–Crippen LogP) is 14.0. The van der Waals surface area contributed by atoms with Crippen LogP contribution in [-0.2, 0) is 0 Å². The second kappa shape index (κ2) is 9.49. The number of rotatable bonds is 2. The summed E-state index contributed by atoms with van der Waals surface area (Å²) in [6, 6.07) is 57.2. The van der Waals surface area contributed by atoms with Crippen LogP contribution in [0.3, 0.4) is 0 Å². The summed E-state index contributed by atoms with van der Waals surface area (Å²) in [6.07, 6.45) is 0. The normalized spacial score (nSPS) is 12.4. The molecule has 2 aromatic heterocycles. The second-order valence-electron chi connectivity index (χ2n) is 13.6. The minimum Gasteiger partial charge on any atom is -0.456 e. The van der Waals surface area contributed by atoms with Crippen molar-refractivity contribution in [2.24, 2.45) is 0 Å². The van der Waals surface area contributed by atoms with Crippen LogP contribution in [0.1, 0.15) is 0 Å². The van der Waals surface area contributed by atoms with Crippen molar-refractivity contribution in [2.75, 3.05) is 0 Å². The van der Waals surface area contributed by atoms with Crippen LogP contribution >= 0.6 is 0 Å². The molecular weight excluding hydrogens is 609 g/mol. The molecule has 0 fully saturated rings. The van der Waals surface area contributed by atoms with Crippen LogP contribution < -0.4 is 0 Å². The van der Waals surface area contributed by atoms with Gasteiger partial charge in [0.05, 0.1) is 0 Å². The standard InChI is InChI=1S/C48H26O2/c1-3-9-32-25-42-39(23-30(32)7-1)46-35(13-6-14-41(46)49-42)38-22-21-37(47-40-24-31-8-2-4-10-33(31)26-43(40)50-48(38)47)34-19-17-29-16-15-27-11-5-12-28-18-20-36(34)45(29)44(27)28/h1-26H. The van der Waals surface area contributed by atoms with E-state index in [1.54, 1.807) is 0 Å². The van der Waals surface area contributed by atoms with Crippen LogP contribution in [0.25, 0.3) is 120 Å². The molecule has 0 atom stereocenters. The fourth-order valence-electron chi connectivity index (χ4n) is 8.71. The van der Waals surface area contributed by atoms with E-state index >= 15 is 0 Å². The van der Waals surface area contributed by atoms with E-state index in [1.807, 2.05) is 0 Å². The van der Waals surface area contributed by atoms with Crippen LogP contribution in [0.2, 0.25) is 0 Å². The first-order valence-electron chi connectivity index (χ1n) is 17.2. The maximum atomic E-state index is 7.01. The quantitative estimate of drug-likeness (QED) is 0.177. The van der Waals surface area contributed by atoms with Gasteiger partial charge >= 0.3 is 0 Å². The topological polar surface area (TPSA) is 26.3 Å². The van der Waals surface area contributed by atoms with Gasteiger partial charge in [-0.1, -0.05) is 121 Å². The van der Waals surface area contributed by atoms with Gasteiger partial charge in [-0.2, -0.15) is 0 Å². The molecule has 0 aliphatic rings. The maximum Gasteiger partial charge on any atom is 0.143 e. The number of furan rings is 2. The minimum absolute atomic E-state index is 0.874. The molecule has 10 aromatic carbocycles. The molecule has 230 valence electrons. The highest BCUT2D eigenvalue weighted by atomic mass is 16.3. The molecule has 0 aliphatic carbocycles. The first-order chi connectivity index (χ1) is 24.8. The smallest absolute Gasteiger partial charge is 0.143 e. The SMILES string of the molecule is c1ccc2cc3c(cc2c1)oc1cccc(-c2ccc(-c4ccc5ccc6cccc7ccc4c5c67)c4c2oc2cc5ccccc5cc24)c13. The van der Waals surface area contributed by atoms with Gasteiger partial charge in [0.25, 0.3) is 0 Å². The molecule has 12 aromatic rings. The van der Waals surface area contributed by atoms with Gasteiger partial charge in [0, 0.05) is 27.1 Å². The molecule has 0 amide bonds. The Morgan fingerprint density at radius 3 is 1.52 bits per heavy atom. The van der Waals surface area contributed by atoms with Crippen molar-refractivity contribution in [1.29, 1.82) is 0 Å². The van der Waals surface area contributed by atoms with Gasteiger partial charge in [0.1, 0.15) is 22.3 Å². The Morgan fingerprint density at radius 1 is 0.260 bits per heavy atom. The van der Waals surface area contributed by atoms with Crippen LogP contribution in [0, 0.1) is 0 Å². The van der Waals surface area contributed by atoms with Crippen LogP contribution in [0.15, 0.2) is 167 Å². The molecule has 2 heteroatoms. The van der Waals surface area contributed by atoms with Crippen LogP contribution in [0.5, 0.6) is 0 Å². The summed E-state index contributed by atoms with van der Waals surface area (Å²) >= 11 is 0. The third kappa shape index (κ3) is 3.47. The average Bonchev–Trinajstić information content (AvgIpc) is 3.72. The van der Waals surface area contributed by atoms with Gasteiger partial charge < -0.3 is 8.83 Å². The van der Waals surface area contributed by atoms with Gasteiger partial charge in [-0.05, 0) is 107 Å². The van der Waals surface area contributed by atoms with E-state index in [0.717, 1.165) is 55.0 Å². The molecule has 0 radical (unpaired) electrons. The highest BCUT2D eigenvalue weighted by Crippen LogP contribution is 2.48. The van der Waals surface area contributed by atoms with Crippen molar-refractivity contribution in [2.45, 2.75) is 0 Å². The summed E-state index contributed by atoms with van der Waals surface area (Å²) in [4.78, 5) is 0. The monoisotopic (exact) mass is 634 g/mol. The fraction of sp³-hybridized carbons (Fsp3) is 0. The minimum atomic E-state index is 0.874. The van der Waals surface area contributed by atoms with Crippen LogP contribution in [-0.4, -0.2) is 0 Å². The van der Waals surface area contributed by atoms with Crippen molar-refractivity contribution >= 4 is 97.7 Å². The van der Waals surface area contributed by atoms with Gasteiger partial charge in [-0.25, -0.2) is 0 Å². The van der Waals surface area contributed by atoms with Crippen molar-refractivity contribution in [3.05, 3.63) is 158 Å². The summed E-state index contributed by atoms with van der Waals surface area (Å²) in [5.74, 6) is 0. The molecule has 0 saturated carbocycles. The molecule has 0 spiro atoms. The highest BCUT2D eigenvalue weighted by Gasteiger charge is 2.22. The Hall–Kier alpha value is -6.64. The third-order valence-corrected chi connectivity index (χ3v) is 11.0. The van der Waals surface area contributed by atoms with E-state index in [4.69, 9.17) is 8.83 Å². The first-order valence-corrected chi connectivity index (χ1v) is 17.2. The van der Waals surface area contributed by atoms with Crippen molar-refractivity contribution in [3.8, 4) is 22.3 Å². The van der Waals surface area contributed by atoms with E-state index < -0.39 is 0 Å². The molecule has 0 aliphatic heterocycles. The Kier molecular flexibility index (Phi) is 5.00. The summed E-state index contributed by atoms with van der Waals surface area (Å²) in [5, 5.41) is 16.9. The van der Waals surface area contributed by atoms with E-state index in [9.17, 15) is 0 Å². The Morgan fingerprint density at radius 2 is 0.780 bits per heavy atom. The van der Waals surface area contributed by atoms with Gasteiger partial charge in [-0.3, -0.25) is 0 Å². The lowest BCUT2D eigenvalue weighted by Gasteiger charge is -2.15. The van der Waals surface area contributed by atoms with Crippen LogP contribution in [0.4, 0.5) is 0 Å². The molecule has 0 saturated heterocycles. The maximum absolute atomic E-state index is 7.01. The zero-order valence-corrected chi connectivity index (χ0v) is 26.8. The molecule has 0 unspecified atom stereocenters. The number of benzene rings is 10. The lowest BCUT2D eigenvalue weighted by molar-refractivity contribution is 0.669. The second-order valence-corrected chi connectivity index (χ2v) is 13.6. The molecule has 2 heterocycles. The first kappa shape index (κ1) is 26.3. The number of hydrogen-bond donors (Lipinski definition) is 0. The summed E-state index contributed by atoms with van der Waals surface area (Å²) in [7, 11) is 0. The lowest BCUT2D eigenvalue weighted by Crippen LogP contribution is -1.89. The number of fused-ring (bicyclic) bond motifs is 8. The lowest BCUT2D eigenvalue weighted by atomic mass is 9.87. The molecule has 2 nitrogen and oxygen atoms in total. The third-order valence-electron chi connectivity index (χ3n) is 11.0. The van der Waals surface area contributed by atoms with E-state index in [0.29, 0.717) is 0 Å². The summed E-state index contributed by atoms with van der Waals surface area (Å²) in [6.45, 7) is 0. The van der Waals surface area contributed by atoms with Crippen molar-refractivity contribution in [3.63, 3.8) is 0 Å². The Bertz CT molecular complexity index is 3360. The van der Waals surface area contributed by atoms with E-state index in [-0.39, 0.29) is 0 Å². The number of hydrogen-bond acceptors (Lipinski definition) is 2. The van der Waals surface area contributed by atoms with Crippen molar-refractivity contribution < 1.29 is 8.83 Å². The Balaban J connectivity index is 1.22. The highest BCUT2D eigenvalue weighted by molar-refractivity contribution is 6.28. The Labute approximate surface area is 285 Å². The summed E-state index contributed by atoms with van der Waals surface area (Å²) in [5.41, 5.74) is 8.09. The summed E-state index contributed by atoms with van der Waals surface area (Å²) < 4.78 is 13.5. The largest absolute Gasteiger partial charge is 0.456 e. The van der Waals surface area contributed by atoms with E-state index in [2.05, 4.69) is 158 Å². The molecule has 12 rings (SSSR count). The fourth-order valence-corrected chi connectivity index (χ4v) is 8.71. The zero-order chi connectivity index (χ0) is 32.5. The molecular formula is C48H26O2.